The maximum Gasteiger partial charge on any atom is 1.00 e. The molecule has 0 aliphatic carbocycles. The number of halogens is 2. The molecule has 1 nitrogen and oxygen atoms in total. The van der Waals surface area contributed by atoms with Crippen LogP contribution in [0.5, 0.6) is 0 Å². The van der Waals surface area contributed by atoms with Crippen molar-refractivity contribution in [3.05, 3.63) is 0 Å². The molecule has 5 heavy (non-hydrogen) atoms. The van der Waals surface area contributed by atoms with E-state index < -0.39 is 0 Å². The van der Waals surface area contributed by atoms with Crippen molar-refractivity contribution in [2.75, 3.05) is 0 Å². The van der Waals surface area contributed by atoms with Gasteiger partial charge in [-0.05, 0) is 0 Å². The van der Waals surface area contributed by atoms with Crippen molar-refractivity contribution in [1.29, 1.82) is 0 Å². The van der Waals surface area contributed by atoms with Crippen LogP contribution in [0.4, 0.5) is 0 Å². The van der Waals surface area contributed by atoms with Gasteiger partial charge in [-0.2, -0.15) is 0 Å². The summed E-state index contributed by atoms with van der Waals surface area (Å²) in [5.41, 5.74) is 0. The molecule has 0 spiro atoms. The predicted molar refractivity (Wildman–Crippen MR) is 5.85 cm³/mol. The zero-order valence-corrected chi connectivity index (χ0v) is 10.9. The monoisotopic (exact) mass is 164 g/mol. The average molecular weight is 165 g/mol. The topological polar surface area (TPSA) is 23.1 Å². The molecule has 0 aromatic rings. The quantitative estimate of drug-likeness (QED) is 0.327. The molecule has 0 aliphatic heterocycles. The first-order valence-electron chi connectivity index (χ1n) is 0.154. The maximum atomic E-state index is 7.72. The van der Waals surface area contributed by atoms with Crippen LogP contribution in [0.2, 0.25) is 0 Å². The van der Waals surface area contributed by atoms with Gasteiger partial charge in [0.1, 0.15) is 0 Å². The van der Waals surface area contributed by atoms with Crippen LogP contribution in [0, 0.1) is 0 Å². The van der Waals surface area contributed by atoms with Crippen molar-refractivity contribution >= 4 is 11.9 Å². The minimum Gasteiger partial charge on any atom is -1.00 e. The van der Waals surface area contributed by atoms with Gasteiger partial charge in [-0.3, -0.25) is 0 Å². The van der Waals surface area contributed by atoms with Gasteiger partial charge in [-0.25, -0.2) is 11.9 Å². The average Bonchev–Trinajstić information content (AvgIpc) is 1.00. The van der Waals surface area contributed by atoms with Gasteiger partial charge in [0.2, 0.25) is 0 Å². The van der Waals surface area contributed by atoms with Crippen molar-refractivity contribution in [2.24, 2.45) is 0 Å². The summed E-state index contributed by atoms with van der Waals surface area (Å²) in [5.74, 6) is 0. The summed E-state index contributed by atoms with van der Waals surface area (Å²) in [6.07, 6.45) is 0. The Balaban J connectivity index is -0.00000000167. The summed E-state index contributed by atoms with van der Waals surface area (Å²) >= 11 is 3.39. The first kappa shape index (κ1) is 23.2. The number of hydrogen-bond acceptors (Lipinski definition) is 1. The van der Waals surface area contributed by atoms with E-state index in [2.05, 4.69) is 11.9 Å². The molecule has 0 bridgehead atoms. The third kappa shape index (κ3) is 18.2. The van der Waals surface area contributed by atoms with Crippen LogP contribution in [-0.2, 0) is 0 Å². The molecule has 0 rings (SSSR count). The minimum atomic E-state index is 0. The van der Waals surface area contributed by atoms with Crippen LogP contribution in [0.25, 0.3) is 0 Å². The second kappa shape index (κ2) is 24.9. The Labute approximate surface area is 128 Å². The molecule has 0 unspecified atom stereocenters. The Morgan fingerprint density at radius 3 is 1.00 bits per heavy atom. The van der Waals surface area contributed by atoms with E-state index in [1.54, 1.807) is 0 Å². The fraction of sp³-hybridized carbons (Fsp3) is 0. The molecule has 0 aliphatic rings. The zero-order chi connectivity index (χ0) is 2.00. The standard InChI is InChI=1S/ClO.ClH.2K/c1-2;;;/h;1H;;/q-1;;2*+1/p-1. The van der Waals surface area contributed by atoms with Gasteiger partial charge >= 0.3 is 103 Å². The summed E-state index contributed by atoms with van der Waals surface area (Å²) in [7, 11) is 0. The molecule has 22 valence electrons. The second-order valence-electron chi connectivity index (χ2n) is 0. The van der Waals surface area contributed by atoms with Crippen molar-refractivity contribution in [3.8, 4) is 0 Å². The molecule has 0 aromatic carbocycles. The van der Waals surface area contributed by atoms with E-state index in [1.807, 2.05) is 0 Å². The van der Waals surface area contributed by atoms with Crippen molar-refractivity contribution < 1.29 is 120 Å². The van der Waals surface area contributed by atoms with E-state index in [9.17, 15) is 0 Å². The molecular formula is Cl2K2O. The Kier molecular flexibility index (Phi) is 116. The maximum absolute atomic E-state index is 7.72. The van der Waals surface area contributed by atoms with Gasteiger partial charge in [0, 0.05) is 0 Å². The van der Waals surface area contributed by atoms with Crippen molar-refractivity contribution in [1.82, 2.24) is 0 Å². The Bertz CT molecular complexity index is 7.61. The molecule has 0 radical (unpaired) electrons. The molecule has 0 heterocycles. The molecule has 0 fully saturated rings. The molecule has 5 heteroatoms. The summed E-state index contributed by atoms with van der Waals surface area (Å²) in [6, 6.07) is 0. The Morgan fingerprint density at radius 1 is 1.00 bits per heavy atom. The zero-order valence-electron chi connectivity index (χ0n) is 3.16. The SMILES string of the molecule is [Cl-].[K+].[K+].[O-]Cl. The minimum absolute atomic E-state index is 0. The molecular weight excluding hydrogens is 165 g/mol. The van der Waals surface area contributed by atoms with Crippen molar-refractivity contribution in [3.63, 3.8) is 0 Å². The summed E-state index contributed by atoms with van der Waals surface area (Å²) in [5, 5.41) is 0. The van der Waals surface area contributed by atoms with E-state index in [-0.39, 0.29) is 115 Å². The van der Waals surface area contributed by atoms with E-state index in [4.69, 9.17) is 4.66 Å². The fourth-order valence-electron chi connectivity index (χ4n) is 0. The number of rotatable bonds is 0. The Hall–Kier alpha value is 3.81. The molecule has 0 amide bonds. The van der Waals surface area contributed by atoms with Crippen LogP contribution in [0.1, 0.15) is 0 Å². The molecule has 0 saturated carbocycles. The van der Waals surface area contributed by atoms with E-state index in [0.717, 1.165) is 0 Å². The molecule has 0 atom stereocenters. The molecule has 0 N–H and O–H groups in total. The first-order chi connectivity index (χ1) is 1.00. The largest absolute Gasteiger partial charge is 1.00 e. The van der Waals surface area contributed by atoms with Crippen LogP contribution < -0.4 is 120 Å². The summed E-state index contributed by atoms with van der Waals surface area (Å²) in [6.45, 7) is 0. The predicted octanol–water partition coefficient (Wildman–Crippen LogP) is -9.49. The van der Waals surface area contributed by atoms with Gasteiger partial charge in [-0.1, -0.05) is 0 Å². The van der Waals surface area contributed by atoms with Gasteiger partial charge < -0.3 is 17.1 Å². The fourth-order valence-corrected chi connectivity index (χ4v) is 0. The smallest absolute Gasteiger partial charge is 1.00 e. The van der Waals surface area contributed by atoms with Gasteiger partial charge in [0.15, 0.2) is 0 Å². The molecule has 0 saturated heterocycles. The van der Waals surface area contributed by atoms with Gasteiger partial charge in [-0.15, -0.1) is 0 Å². The van der Waals surface area contributed by atoms with E-state index >= 15 is 0 Å². The normalized spacial score (nSPS) is 1.20. The van der Waals surface area contributed by atoms with E-state index in [0.29, 0.717) is 0 Å². The van der Waals surface area contributed by atoms with Gasteiger partial charge in [0.05, 0.1) is 0 Å². The second-order valence-corrected chi connectivity index (χ2v) is 0. The molecule has 0 aromatic heterocycles. The van der Waals surface area contributed by atoms with E-state index in [1.165, 1.54) is 0 Å². The summed E-state index contributed by atoms with van der Waals surface area (Å²) in [4.78, 5) is 0. The van der Waals surface area contributed by atoms with Crippen LogP contribution in [0.15, 0.2) is 0 Å². The first-order valence-corrected chi connectivity index (χ1v) is 0.463. The Morgan fingerprint density at radius 2 is 1.00 bits per heavy atom. The van der Waals surface area contributed by atoms with Crippen molar-refractivity contribution in [2.45, 2.75) is 0 Å². The van der Waals surface area contributed by atoms with Crippen LogP contribution >= 0.6 is 11.9 Å². The van der Waals surface area contributed by atoms with Gasteiger partial charge in [0.25, 0.3) is 0 Å². The third-order valence-electron chi connectivity index (χ3n) is 0. The third-order valence-corrected chi connectivity index (χ3v) is 0. The van der Waals surface area contributed by atoms with Crippen LogP contribution in [-0.4, -0.2) is 0 Å². The van der Waals surface area contributed by atoms with Crippen LogP contribution in [0.3, 0.4) is 0 Å². The summed E-state index contributed by atoms with van der Waals surface area (Å²) < 4.78 is 7.72. The number of hydrogen-bond donors (Lipinski definition) is 0.